The van der Waals surface area contributed by atoms with Gasteiger partial charge < -0.3 is 10.2 Å². The number of nitrogens with one attached hydrogen (secondary N) is 1. The molecule has 1 aliphatic heterocycles. The number of hydrogen-bond donors (Lipinski definition) is 1. The van der Waals surface area contributed by atoms with Gasteiger partial charge >= 0.3 is 0 Å². The van der Waals surface area contributed by atoms with Crippen LogP contribution in [0.15, 0.2) is 18.7 Å². The normalized spacial score (nSPS) is 15.7. The van der Waals surface area contributed by atoms with Crippen molar-refractivity contribution in [2.45, 2.75) is 39.7 Å². The van der Waals surface area contributed by atoms with Crippen molar-refractivity contribution in [1.29, 1.82) is 0 Å². The molecule has 3 aromatic heterocycles. The Morgan fingerprint density at radius 3 is 2.60 bits per heavy atom. The van der Waals surface area contributed by atoms with Crippen LogP contribution >= 0.6 is 0 Å². The van der Waals surface area contributed by atoms with Crippen LogP contribution in [0.5, 0.6) is 0 Å². The maximum absolute atomic E-state index is 4.51. The first-order chi connectivity index (χ1) is 12.1. The molecule has 1 saturated heterocycles. The van der Waals surface area contributed by atoms with Crippen LogP contribution in [0.25, 0.3) is 5.78 Å². The third-order valence-corrected chi connectivity index (χ3v) is 4.83. The van der Waals surface area contributed by atoms with E-state index < -0.39 is 0 Å². The van der Waals surface area contributed by atoms with Crippen molar-refractivity contribution >= 4 is 17.4 Å². The van der Waals surface area contributed by atoms with Crippen LogP contribution < -0.4 is 10.2 Å². The molecule has 0 amide bonds. The summed E-state index contributed by atoms with van der Waals surface area (Å²) < 4.78 is 1.85. The molecule has 1 aliphatic rings. The predicted molar refractivity (Wildman–Crippen MR) is 95.9 cm³/mol. The van der Waals surface area contributed by atoms with E-state index in [4.69, 9.17) is 0 Å². The zero-order valence-electron chi connectivity index (χ0n) is 14.8. The Kier molecular flexibility index (Phi) is 3.95. The second-order valence-electron chi connectivity index (χ2n) is 6.57. The maximum Gasteiger partial charge on any atom is 0.254 e. The molecule has 130 valence electrons. The van der Waals surface area contributed by atoms with Gasteiger partial charge in [0.15, 0.2) is 0 Å². The van der Waals surface area contributed by atoms with E-state index in [1.54, 1.807) is 12.7 Å². The first-order valence-corrected chi connectivity index (χ1v) is 8.59. The van der Waals surface area contributed by atoms with Crippen LogP contribution in [0, 0.1) is 20.8 Å². The molecule has 0 spiro atoms. The second kappa shape index (κ2) is 6.27. The van der Waals surface area contributed by atoms with E-state index in [2.05, 4.69) is 42.2 Å². The molecule has 4 heterocycles. The van der Waals surface area contributed by atoms with Gasteiger partial charge in [-0.05, 0) is 33.6 Å². The quantitative estimate of drug-likeness (QED) is 0.781. The zero-order valence-corrected chi connectivity index (χ0v) is 14.8. The largest absolute Gasteiger partial charge is 0.367 e. The monoisotopic (exact) mass is 338 g/mol. The Hall–Kier alpha value is -2.77. The summed E-state index contributed by atoms with van der Waals surface area (Å²) in [7, 11) is 0. The van der Waals surface area contributed by atoms with Gasteiger partial charge in [0.1, 0.15) is 24.3 Å². The van der Waals surface area contributed by atoms with E-state index in [9.17, 15) is 0 Å². The molecule has 8 heteroatoms. The molecular formula is C17H22N8. The fraction of sp³-hybridized carbons (Fsp3) is 0.471. The van der Waals surface area contributed by atoms with Crippen LogP contribution in [0.2, 0.25) is 0 Å². The van der Waals surface area contributed by atoms with Crippen LogP contribution in [-0.2, 0) is 0 Å². The topological polar surface area (TPSA) is 84.1 Å². The molecule has 0 saturated carbocycles. The van der Waals surface area contributed by atoms with Gasteiger partial charge in [0.25, 0.3) is 5.78 Å². The predicted octanol–water partition coefficient (Wildman–Crippen LogP) is 1.92. The van der Waals surface area contributed by atoms with E-state index in [0.29, 0.717) is 11.8 Å². The van der Waals surface area contributed by atoms with Crippen molar-refractivity contribution in [3.63, 3.8) is 0 Å². The maximum atomic E-state index is 4.51. The zero-order chi connectivity index (χ0) is 17.4. The van der Waals surface area contributed by atoms with Crippen LogP contribution in [0.3, 0.4) is 0 Å². The summed E-state index contributed by atoms with van der Waals surface area (Å²) in [6.07, 6.45) is 5.26. The van der Waals surface area contributed by atoms with E-state index in [-0.39, 0.29) is 0 Å². The Morgan fingerprint density at radius 2 is 1.84 bits per heavy atom. The highest BCUT2D eigenvalue weighted by atomic mass is 15.4. The summed E-state index contributed by atoms with van der Waals surface area (Å²) in [6, 6.07) is 2.40. The van der Waals surface area contributed by atoms with Crippen molar-refractivity contribution in [3.8, 4) is 0 Å². The van der Waals surface area contributed by atoms with Crippen molar-refractivity contribution in [3.05, 3.63) is 35.7 Å². The molecule has 4 rings (SSSR count). The molecule has 0 aromatic carbocycles. The van der Waals surface area contributed by atoms with Gasteiger partial charge in [-0.25, -0.2) is 15.0 Å². The molecule has 0 atom stereocenters. The first kappa shape index (κ1) is 15.7. The molecule has 1 fully saturated rings. The Balaban J connectivity index is 1.51. The minimum absolute atomic E-state index is 0.417. The van der Waals surface area contributed by atoms with Crippen LogP contribution in [0.1, 0.15) is 29.8 Å². The SMILES string of the molecule is Cc1cc(NC2CCN(c3c(C)c(C)nc4ncnn34)CC2)ncn1. The second-order valence-corrected chi connectivity index (χ2v) is 6.57. The Bertz CT molecular complexity index is 895. The fourth-order valence-electron chi connectivity index (χ4n) is 3.36. The van der Waals surface area contributed by atoms with Gasteiger partial charge in [-0.1, -0.05) is 0 Å². The highest BCUT2D eigenvalue weighted by molar-refractivity contribution is 5.54. The Labute approximate surface area is 146 Å². The molecule has 1 N–H and O–H groups in total. The summed E-state index contributed by atoms with van der Waals surface area (Å²) in [5, 5.41) is 7.89. The molecule has 8 nitrogen and oxygen atoms in total. The lowest BCUT2D eigenvalue weighted by Gasteiger charge is -2.35. The summed E-state index contributed by atoms with van der Waals surface area (Å²) in [4.78, 5) is 19.6. The number of anilines is 2. The number of hydrogen-bond acceptors (Lipinski definition) is 7. The highest BCUT2D eigenvalue weighted by Gasteiger charge is 2.24. The summed E-state index contributed by atoms with van der Waals surface area (Å²) in [5.74, 6) is 2.67. The van der Waals surface area contributed by atoms with E-state index in [1.165, 1.54) is 0 Å². The number of nitrogens with zero attached hydrogens (tertiary/aromatic N) is 7. The van der Waals surface area contributed by atoms with Crippen LogP contribution in [0.4, 0.5) is 11.6 Å². The molecule has 0 bridgehead atoms. The van der Waals surface area contributed by atoms with Gasteiger partial charge in [-0.2, -0.15) is 14.6 Å². The summed E-state index contributed by atoms with van der Waals surface area (Å²) in [6.45, 7) is 8.03. The minimum Gasteiger partial charge on any atom is -0.367 e. The van der Waals surface area contributed by atoms with E-state index >= 15 is 0 Å². The third-order valence-electron chi connectivity index (χ3n) is 4.83. The van der Waals surface area contributed by atoms with Gasteiger partial charge in [-0.3, -0.25) is 0 Å². The van der Waals surface area contributed by atoms with Crippen molar-refractivity contribution in [2.75, 3.05) is 23.3 Å². The minimum atomic E-state index is 0.417. The lowest BCUT2D eigenvalue weighted by molar-refractivity contribution is 0.518. The molecule has 0 unspecified atom stereocenters. The number of fused-ring (bicyclic) bond motifs is 1. The van der Waals surface area contributed by atoms with Gasteiger partial charge in [0, 0.05) is 42.1 Å². The fourth-order valence-corrected chi connectivity index (χ4v) is 3.36. The number of aromatic nitrogens is 6. The Morgan fingerprint density at radius 1 is 1.04 bits per heavy atom. The lowest BCUT2D eigenvalue weighted by Crippen LogP contribution is -2.40. The highest BCUT2D eigenvalue weighted by Crippen LogP contribution is 2.26. The third kappa shape index (κ3) is 2.99. The van der Waals surface area contributed by atoms with E-state index in [0.717, 1.165) is 54.5 Å². The summed E-state index contributed by atoms with van der Waals surface area (Å²) in [5.41, 5.74) is 3.15. The van der Waals surface area contributed by atoms with Crippen molar-refractivity contribution in [2.24, 2.45) is 0 Å². The smallest absolute Gasteiger partial charge is 0.254 e. The first-order valence-electron chi connectivity index (χ1n) is 8.59. The van der Waals surface area contributed by atoms with E-state index in [1.807, 2.05) is 24.4 Å². The molecule has 25 heavy (non-hydrogen) atoms. The molecule has 3 aromatic rings. The number of aryl methyl sites for hydroxylation is 2. The van der Waals surface area contributed by atoms with Crippen molar-refractivity contribution < 1.29 is 0 Å². The average molecular weight is 338 g/mol. The van der Waals surface area contributed by atoms with Crippen LogP contribution in [-0.4, -0.2) is 48.7 Å². The molecule has 0 radical (unpaired) electrons. The molecule has 0 aliphatic carbocycles. The lowest BCUT2D eigenvalue weighted by atomic mass is 10.0. The summed E-state index contributed by atoms with van der Waals surface area (Å²) >= 11 is 0. The van der Waals surface area contributed by atoms with Gasteiger partial charge in [-0.15, -0.1) is 0 Å². The van der Waals surface area contributed by atoms with Gasteiger partial charge in [0.2, 0.25) is 0 Å². The van der Waals surface area contributed by atoms with Gasteiger partial charge in [0.05, 0.1) is 0 Å². The number of piperidine rings is 1. The average Bonchev–Trinajstić information content (AvgIpc) is 3.05. The number of rotatable bonds is 3. The van der Waals surface area contributed by atoms with Crippen molar-refractivity contribution in [1.82, 2.24) is 29.5 Å². The molecular weight excluding hydrogens is 316 g/mol. The standard InChI is InChI=1S/C17H22N8/c1-11-8-15(19-9-18-11)23-14-4-6-24(7-5-14)16-12(2)13(3)22-17-20-10-21-25(16)17/h8-10,14H,4-7H2,1-3H3,(H,18,19,23).